The van der Waals surface area contributed by atoms with Gasteiger partial charge < -0.3 is 9.88 Å². The lowest BCUT2D eigenvalue weighted by atomic mass is 10.1. The molecule has 0 fully saturated rings. The van der Waals surface area contributed by atoms with E-state index < -0.39 is 0 Å². The predicted molar refractivity (Wildman–Crippen MR) is 89.9 cm³/mol. The Hall–Kier alpha value is -1.65. The summed E-state index contributed by atoms with van der Waals surface area (Å²) in [4.78, 5) is 7.54. The van der Waals surface area contributed by atoms with Gasteiger partial charge in [-0.2, -0.15) is 0 Å². The van der Waals surface area contributed by atoms with Crippen molar-refractivity contribution in [3.63, 3.8) is 0 Å². The molecule has 3 rings (SSSR count). The topological polar surface area (TPSA) is 29.9 Å². The summed E-state index contributed by atoms with van der Waals surface area (Å²) in [7, 11) is 2.10. The highest BCUT2D eigenvalue weighted by Gasteiger charge is 2.17. The zero-order chi connectivity index (χ0) is 14.8. The van der Waals surface area contributed by atoms with Crippen LogP contribution < -0.4 is 5.32 Å². The van der Waals surface area contributed by atoms with Crippen molar-refractivity contribution in [2.45, 2.75) is 26.3 Å². The van der Waals surface area contributed by atoms with Gasteiger partial charge in [0.1, 0.15) is 5.82 Å². The van der Waals surface area contributed by atoms with Crippen molar-refractivity contribution in [3.8, 4) is 0 Å². The van der Waals surface area contributed by atoms with Gasteiger partial charge in [-0.05, 0) is 37.7 Å². The highest BCUT2D eigenvalue weighted by Crippen LogP contribution is 2.26. The van der Waals surface area contributed by atoms with E-state index in [1.807, 2.05) is 17.4 Å². The van der Waals surface area contributed by atoms with Crippen molar-refractivity contribution < 1.29 is 0 Å². The van der Waals surface area contributed by atoms with Crippen LogP contribution in [0, 0.1) is 6.92 Å². The standard InChI is InChI=1S/C17H21N3S/c1-4-18-14(16-10-9-12(2)21-16)11-17-19-13-7-5-6-8-15(13)20(17)3/h5-10,14,18H,4,11H2,1-3H3. The summed E-state index contributed by atoms with van der Waals surface area (Å²) in [6.45, 7) is 5.28. The minimum absolute atomic E-state index is 0.337. The maximum atomic E-state index is 4.79. The number of rotatable bonds is 5. The molecule has 1 atom stereocenters. The molecule has 0 spiro atoms. The molecule has 0 amide bonds. The highest BCUT2D eigenvalue weighted by molar-refractivity contribution is 7.12. The van der Waals surface area contributed by atoms with Crippen LogP contribution in [0.5, 0.6) is 0 Å². The molecule has 1 N–H and O–H groups in total. The van der Waals surface area contributed by atoms with E-state index in [-0.39, 0.29) is 0 Å². The average Bonchev–Trinajstić information content (AvgIpc) is 3.04. The predicted octanol–water partition coefficient (Wildman–Crippen LogP) is 3.84. The van der Waals surface area contributed by atoms with Gasteiger partial charge in [-0.3, -0.25) is 0 Å². The molecule has 0 aliphatic carbocycles. The van der Waals surface area contributed by atoms with Gasteiger partial charge in [0.05, 0.1) is 11.0 Å². The lowest BCUT2D eigenvalue weighted by molar-refractivity contribution is 0.538. The molecule has 1 aromatic carbocycles. The van der Waals surface area contributed by atoms with Gasteiger partial charge in [0.25, 0.3) is 0 Å². The first-order chi connectivity index (χ1) is 10.2. The smallest absolute Gasteiger partial charge is 0.111 e. The van der Waals surface area contributed by atoms with Crippen molar-refractivity contribution in [2.24, 2.45) is 7.05 Å². The summed E-state index contributed by atoms with van der Waals surface area (Å²) in [5.41, 5.74) is 2.28. The van der Waals surface area contributed by atoms with E-state index in [0.29, 0.717) is 6.04 Å². The molecule has 0 saturated carbocycles. The van der Waals surface area contributed by atoms with E-state index in [9.17, 15) is 0 Å². The Morgan fingerprint density at radius 3 is 2.71 bits per heavy atom. The van der Waals surface area contributed by atoms with Crippen LogP contribution in [-0.4, -0.2) is 16.1 Å². The summed E-state index contributed by atoms with van der Waals surface area (Å²) in [6.07, 6.45) is 0.916. The molecule has 1 unspecified atom stereocenters. The van der Waals surface area contributed by atoms with E-state index in [1.165, 1.54) is 15.3 Å². The van der Waals surface area contributed by atoms with Crippen LogP contribution in [0.2, 0.25) is 0 Å². The number of aryl methyl sites for hydroxylation is 2. The fraction of sp³-hybridized carbons (Fsp3) is 0.353. The third-order valence-corrected chi connectivity index (χ3v) is 4.94. The molecule has 110 valence electrons. The molecule has 2 aromatic heterocycles. The van der Waals surface area contributed by atoms with E-state index >= 15 is 0 Å². The van der Waals surface area contributed by atoms with Crippen LogP contribution in [0.15, 0.2) is 36.4 Å². The minimum Gasteiger partial charge on any atom is -0.331 e. The Morgan fingerprint density at radius 2 is 2.05 bits per heavy atom. The molecule has 0 bridgehead atoms. The summed E-state index contributed by atoms with van der Waals surface area (Å²) < 4.78 is 2.21. The molecule has 4 heteroatoms. The molecule has 0 aliphatic heterocycles. The second-order valence-corrected chi connectivity index (χ2v) is 6.66. The molecule has 3 aromatic rings. The Kier molecular flexibility index (Phi) is 4.08. The van der Waals surface area contributed by atoms with Crippen LogP contribution >= 0.6 is 11.3 Å². The molecular weight excluding hydrogens is 278 g/mol. The third-order valence-electron chi connectivity index (χ3n) is 3.82. The van der Waals surface area contributed by atoms with Crippen molar-refractivity contribution in [1.82, 2.24) is 14.9 Å². The number of likely N-dealkylation sites (N-methyl/N-ethyl adjacent to an activating group) is 1. The number of imidazole rings is 1. The third kappa shape index (κ3) is 2.87. The molecule has 21 heavy (non-hydrogen) atoms. The monoisotopic (exact) mass is 299 g/mol. The molecule has 3 nitrogen and oxygen atoms in total. The highest BCUT2D eigenvalue weighted by atomic mass is 32.1. The van der Waals surface area contributed by atoms with E-state index in [0.717, 1.165) is 24.3 Å². The zero-order valence-electron chi connectivity index (χ0n) is 12.8. The number of fused-ring (bicyclic) bond motifs is 1. The number of thiophene rings is 1. The number of hydrogen-bond donors (Lipinski definition) is 1. The van der Waals surface area contributed by atoms with Crippen LogP contribution in [0.4, 0.5) is 0 Å². The SMILES string of the molecule is CCNC(Cc1nc2ccccc2n1C)c1ccc(C)s1. The normalized spacial score (nSPS) is 12.9. The van der Waals surface area contributed by atoms with Crippen LogP contribution in [0.25, 0.3) is 11.0 Å². The summed E-state index contributed by atoms with van der Waals surface area (Å²) in [6, 6.07) is 13.1. The number of nitrogens with one attached hydrogen (secondary N) is 1. The first kappa shape index (κ1) is 14.3. The van der Waals surface area contributed by atoms with Crippen LogP contribution in [0.1, 0.15) is 28.5 Å². The lowest BCUT2D eigenvalue weighted by Crippen LogP contribution is -2.23. The maximum absolute atomic E-state index is 4.79. The molecule has 0 saturated heterocycles. The summed E-state index contributed by atoms with van der Waals surface area (Å²) in [5.74, 6) is 1.13. The number of nitrogens with zero attached hydrogens (tertiary/aromatic N) is 2. The number of para-hydroxylation sites is 2. The number of aromatic nitrogens is 2. The fourth-order valence-corrected chi connectivity index (χ4v) is 3.67. The summed E-state index contributed by atoms with van der Waals surface area (Å²) in [5, 5.41) is 3.59. The van der Waals surface area contributed by atoms with Gasteiger partial charge in [0.15, 0.2) is 0 Å². The van der Waals surface area contributed by atoms with Gasteiger partial charge >= 0.3 is 0 Å². The second-order valence-electron chi connectivity index (χ2n) is 5.34. The Bertz CT molecular complexity index is 741. The maximum Gasteiger partial charge on any atom is 0.111 e. The Balaban J connectivity index is 1.92. The number of hydrogen-bond acceptors (Lipinski definition) is 3. The van der Waals surface area contributed by atoms with Crippen LogP contribution in [0.3, 0.4) is 0 Å². The van der Waals surface area contributed by atoms with Gasteiger partial charge in [0, 0.05) is 29.3 Å². The Morgan fingerprint density at radius 1 is 1.24 bits per heavy atom. The van der Waals surface area contributed by atoms with Crippen molar-refractivity contribution >= 4 is 22.4 Å². The quantitative estimate of drug-likeness (QED) is 0.776. The van der Waals surface area contributed by atoms with Gasteiger partial charge in [-0.25, -0.2) is 4.98 Å². The van der Waals surface area contributed by atoms with Crippen molar-refractivity contribution in [2.75, 3.05) is 6.54 Å². The molecule has 0 aliphatic rings. The lowest BCUT2D eigenvalue weighted by Gasteiger charge is -2.16. The van der Waals surface area contributed by atoms with E-state index in [4.69, 9.17) is 4.98 Å². The van der Waals surface area contributed by atoms with Crippen molar-refractivity contribution in [3.05, 3.63) is 52.0 Å². The largest absolute Gasteiger partial charge is 0.331 e. The minimum atomic E-state index is 0.337. The first-order valence-electron chi connectivity index (χ1n) is 7.39. The Labute approximate surface area is 129 Å². The fourth-order valence-electron chi connectivity index (χ4n) is 2.72. The average molecular weight is 299 g/mol. The van der Waals surface area contributed by atoms with E-state index in [1.54, 1.807) is 0 Å². The first-order valence-corrected chi connectivity index (χ1v) is 8.20. The second kappa shape index (κ2) is 6.00. The van der Waals surface area contributed by atoms with Crippen LogP contribution in [-0.2, 0) is 13.5 Å². The molecule has 2 heterocycles. The van der Waals surface area contributed by atoms with E-state index in [2.05, 4.69) is 61.1 Å². The summed E-state index contributed by atoms with van der Waals surface area (Å²) >= 11 is 1.87. The van der Waals surface area contributed by atoms with Crippen molar-refractivity contribution in [1.29, 1.82) is 0 Å². The zero-order valence-corrected chi connectivity index (χ0v) is 13.6. The van der Waals surface area contributed by atoms with Gasteiger partial charge in [-0.1, -0.05) is 19.1 Å². The molecular formula is C17H21N3S. The molecule has 0 radical (unpaired) electrons. The number of benzene rings is 1. The van der Waals surface area contributed by atoms with Gasteiger partial charge in [-0.15, -0.1) is 11.3 Å². The van der Waals surface area contributed by atoms with Gasteiger partial charge in [0.2, 0.25) is 0 Å².